The predicted octanol–water partition coefficient (Wildman–Crippen LogP) is 3.95. The van der Waals surface area contributed by atoms with Gasteiger partial charge in [0.25, 0.3) is 0 Å². The van der Waals surface area contributed by atoms with E-state index in [2.05, 4.69) is 29.2 Å². The van der Waals surface area contributed by atoms with Crippen LogP contribution in [-0.2, 0) is 9.53 Å². The number of benzene rings is 2. The monoisotopic (exact) mass is 400 g/mol. The highest BCUT2D eigenvalue weighted by atomic mass is 35.5. The molecule has 0 bridgehead atoms. The lowest BCUT2D eigenvalue weighted by Crippen LogP contribution is -2.51. The quantitative estimate of drug-likeness (QED) is 0.629. The normalized spacial score (nSPS) is 16.3. The van der Waals surface area contributed by atoms with Gasteiger partial charge in [-0.25, -0.2) is 0 Å². The van der Waals surface area contributed by atoms with Gasteiger partial charge in [0.15, 0.2) is 0 Å². The largest absolute Gasteiger partial charge is 0.367 e. The Hall–Kier alpha value is -1.88. The van der Waals surface area contributed by atoms with Crippen molar-refractivity contribution in [1.82, 2.24) is 9.80 Å². The fourth-order valence-corrected chi connectivity index (χ4v) is 3.64. The molecule has 0 radical (unpaired) electrons. The number of amides is 1. The van der Waals surface area contributed by atoms with Crippen molar-refractivity contribution in [1.29, 1.82) is 0 Å². The van der Waals surface area contributed by atoms with Crippen LogP contribution in [0, 0.1) is 0 Å². The molecule has 1 heterocycles. The molecule has 150 valence electrons. The second-order valence-corrected chi connectivity index (χ2v) is 7.64. The Morgan fingerprint density at radius 3 is 2.00 bits per heavy atom. The molecule has 3 rings (SSSR count). The van der Waals surface area contributed by atoms with Crippen molar-refractivity contribution in [2.24, 2.45) is 0 Å². The molecule has 1 fully saturated rings. The van der Waals surface area contributed by atoms with E-state index in [1.165, 1.54) is 0 Å². The van der Waals surface area contributed by atoms with Crippen LogP contribution >= 0.6 is 11.6 Å². The number of rotatable bonds is 8. The van der Waals surface area contributed by atoms with Crippen LogP contribution in [0.3, 0.4) is 0 Å². The van der Waals surface area contributed by atoms with Gasteiger partial charge >= 0.3 is 0 Å². The van der Waals surface area contributed by atoms with E-state index in [0.717, 1.165) is 43.9 Å². The summed E-state index contributed by atoms with van der Waals surface area (Å²) in [6.07, 6.45) is 0.612. The average Bonchev–Trinajstić information content (AvgIpc) is 2.77. The van der Waals surface area contributed by atoms with E-state index in [1.54, 1.807) is 0 Å². The highest BCUT2D eigenvalue weighted by molar-refractivity contribution is 6.30. The van der Waals surface area contributed by atoms with Crippen molar-refractivity contribution in [2.75, 3.05) is 39.3 Å². The fraction of sp³-hybridized carbons (Fsp3) is 0.435. The first-order valence-electron chi connectivity index (χ1n) is 10.1. The van der Waals surface area contributed by atoms with E-state index < -0.39 is 5.38 Å². The zero-order valence-electron chi connectivity index (χ0n) is 16.5. The van der Waals surface area contributed by atoms with Gasteiger partial charge < -0.3 is 9.64 Å². The molecule has 0 N–H and O–H groups in total. The summed E-state index contributed by atoms with van der Waals surface area (Å²) in [7, 11) is 0. The molecule has 4 nitrogen and oxygen atoms in total. The number of hydrogen-bond donors (Lipinski definition) is 0. The third-order valence-electron chi connectivity index (χ3n) is 5.21. The van der Waals surface area contributed by atoms with Crippen LogP contribution in [0.4, 0.5) is 0 Å². The second-order valence-electron chi connectivity index (χ2n) is 7.11. The van der Waals surface area contributed by atoms with Crippen molar-refractivity contribution in [3.05, 3.63) is 71.8 Å². The van der Waals surface area contributed by atoms with E-state index >= 15 is 0 Å². The average molecular weight is 401 g/mol. The van der Waals surface area contributed by atoms with Crippen LogP contribution in [-0.4, -0.2) is 60.4 Å². The number of ether oxygens (including phenoxy) is 1. The molecule has 2 aromatic carbocycles. The van der Waals surface area contributed by atoms with E-state index in [4.69, 9.17) is 16.3 Å². The second kappa shape index (κ2) is 10.6. The van der Waals surface area contributed by atoms with Gasteiger partial charge in [-0.1, -0.05) is 67.6 Å². The van der Waals surface area contributed by atoms with Gasteiger partial charge in [-0.05, 0) is 17.5 Å². The number of carbonyl (C=O) groups excluding carboxylic acids is 1. The van der Waals surface area contributed by atoms with E-state index in [-0.39, 0.29) is 12.0 Å². The summed E-state index contributed by atoms with van der Waals surface area (Å²) in [4.78, 5) is 16.4. The van der Waals surface area contributed by atoms with Gasteiger partial charge in [0, 0.05) is 32.7 Å². The third kappa shape index (κ3) is 5.57. The molecule has 1 aliphatic heterocycles. The SMILES string of the molecule is CCC(Cl)C(=O)N1CCN(CCOC(c2ccccc2)c2ccccc2)CC1. The Labute approximate surface area is 173 Å². The number of carbonyl (C=O) groups is 1. The first-order chi connectivity index (χ1) is 13.7. The van der Waals surface area contributed by atoms with Gasteiger partial charge in [0.05, 0.1) is 6.61 Å². The lowest BCUT2D eigenvalue weighted by molar-refractivity contribution is -0.132. The summed E-state index contributed by atoms with van der Waals surface area (Å²) in [6.45, 7) is 6.66. The predicted molar refractivity (Wildman–Crippen MR) is 114 cm³/mol. The lowest BCUT2D eigenvalue weighted by atomic mass is 10.0. The Morgan fingerprint density at radius 1 is 0.964 bits per heavy atom. The van der Waals surface area contributed by atoms with E-state index in [9.17, 15) is 4.79 Å². The fourth-order valence-electron chi connectivity index (χ4n) is 3.50. The summed E-state index contributed by atoms with van der Waals surface area (Å²) in [5, 5.41) is -0.396. The highest BCUT2D eigenvalue weighted by Crippen LogP contribution is 2.25. The van der Waals surface area contributed by atoms with Crippen LogP contribution in [0.25, 0.3) is 0 Å². The van der Waals surface area contributed by atoms with Crippen LogP contribution in [0.15, 0.2) is 60.7 Å². The van der Waals surface area contributed by atoms with Crippen LogP contribution in [0.1, 0.15) is 30.6 Å². The lowest BCUT2D eigenvalue weighted by Gasteiger charge is -2.35. The minimum Gasteiger partial charge on any atom is -0.367 e. The van der Waals surface area contributed by atoms with Crippen molar-refractivity contribution < 1.29 is 9.53 Å². The number of hydrogen-bond acceptors (Lipinski definition) is 3. The molecule has 1 saturated heterocycles. The van der Waals surface area contributed by atoms with Gasteiger partial charge in [-0.15, -0.1) is 11.6 Å². The highest BCUT2D eigenvalue weighted by Gasteiger charge is 2.25. The van der Waals surface area contributed by atoms with Crippen molar-refractivity contribution in [3.8, 4) is 0 Å². The Morgan fingerprint density at radius 2 is 1.50 bits per heavy atom. The molecule has 2 aromatic rings. The minimum absolute atomic E-state index is 0.0631. The molecule has 0 aromatic heterocycles. The third-order valence-corrected chi connectivity index (χ3v) is 5.70. The molecular formula is C23H29ClN2O2. The first kappa shape index (κ1) is 20.8. The molecule has 28 heavy (non-hydrogen) atoms. The molecule has 1 aliphatic rings. The van der Waals surface area contributed by atoms with Crippen molar-refractivity contribution in [2.45, 2.75) is 24.8 Å². The van der Waals surface area contributed by atoms with Crippen molar-refractivity contribution >= 4 is 17.5 Å². The maximum absolute atomic E-state index is 12.2. The summed E-state index contributed by atoms with van der Waals surface area (Å²) >= 11 is 6.10. The zero-order valence-corrected chi connectivity index (χ0v) is 17.2. The van der Waals surface area contributed by atoms with Gasteiger partial charge in [0.1, 0.15) is 11.5 Å². The van der Waals surface area contributed by atoms with Gasteiger partial charge in [-0.3, -0.25) is 9.69 Å². The molecule has 1 atom stereocenters. The first-order valence-corrected chi connectivity index (χ1v) is 10.5. The van der Waals surface area contributed by atoms with Crippen LogP contribution < -0.4 is 0 Å². The van der Waals surface area contributed by atoms with Crippen LogP contribution in [0.5, 0.6) is 0 Å². The molecular weight excluding hydrogens is 372 g/mol. The topological polar surface area (TPSA) is 32.8 Å². The van der Waals surface area contributed by atoms with Gasteiger partial charge in [-0.2, -0.15) is 0 Å². The number of alkyl halides is 1. The minimum atomic E-state index is -0.396. The molecule has 5 heteroatoms. The Bertz CT molecular complexity index is 678. The summed E-state index contributed by atoms with van der Waals surface area (Å²) in [5.41, 5.74) is 2.33. The number of piperazine rings is 1. The maximum atomic E-state index is 12.2. The summed E-state index contributed by atoms with van der Waals surface area (Å²) in [5.74, 6) is 0.0632. The summed E-state index contributed by atoms with van der Waals surface area (Å²) in [6, 6.07) is 20.7. The zero-order chi connectivity index (χ0) is 19.8. The number of halogens is 1. The smallest absolute Gasteiger partial charge is 0.240 e. The summed E-state index contributed by atoms with van der Waals surface area (Å²) < 4.78 is 6.30. The molecule has 1 unspecified atom stereocenters. The Balaban J connectivity index is 1.51. The maximum Gasteiger partial charge on any atom is 0.240 e. The number of nitrogens with zero attached hydrogens (tertiary/aromatic N) is 2. The van der Waals surface area contributed by atoms with E-state index in [1.807, 2.05) is 48.2 Å². The molecule has 0 aliphatic carbocycles. The standard InChI is InChI=1S/C23H29ClN2O2/c1-2-21(24)23(27)26-15-13-25(14-16-26)17-18-28-22(19-9-5-3-6-10-19)20-11-7-4-8-12-20/h3-12,21-22H,2,13-18H2,1H3. The van der Waals surface area contributed by atoms with Crippen LogP contribution in [0.2, 0.25) is 0 Å². The molecule has 0 spiro atoms. The molecule has 0 saturated carbocycles. The van der Waals surface area contributed by atoms with E-state index in [0.29, 0.717) is 13.0 Å². The van der Waals surface area contributed by atoms with Crippen molar-refractivity contribution in [3.63, 3.8) is 0 Å². The Kier molecular flexibility index (Phi) is 7.90. The van der Waals surface area contributed by atoms with Gasteiger partial charge in [0.2, 0.25) is 5.91 Å². The molecule has 1 amide bonds.